The molecule has 1 aromatic rings. The molecular weight excluding hydrogens is 244 g/mol. The van der Waals surface area contributed by atoms with Crippen LogP contribution in [-0.4, -0.2) is 29.7 Å². The Morgan fingerprint density at radius 3 is 2.53 bits per heavy atom. The van der Waals surface area contributed by atoms with Gasteiger partial charge in [-0.25, -0.2) is 4.79 Å². The van der Waals surface area contributed by atoms with Crippen LogP contribution in [0.4, 0.5) is 4.79 Å². The maximum absolute atomic E-state index is 11.4. The van der Waals surface area contributed by atoms with Crippen molar-refractivity contribution in [3.05, 3.63) is 35.4 Å². The van der Waals surface area contributed by atoms with Crippen LogP contribution in [0.25, 0.3) is 0 Å². The van der Waals surface area contributed by atoms with Gasteiger partial charge in [0.1, 0.15) is 0 Å². The topological polar surface area (TPSA) is 70.9 Å². The molecule has 0 aliphatic heterocycles. The monoisotopic (exact) mass is 264 g/mol. The lowest BCUT2D eigenvalue weighted by Gasteiger charge is -2.19. The summed E-state index contributed by atoms with van der Waals surface area (Å²) in [6, 6.07) is 7.48. The van der Waals surface area contributed by atoms with Gasteiger partial charge in [-0.05, 0) is 31.9 Å². The molecule has 0 aliphatic rings. The van der Waals surface area contributed by atoms with Crippen LogP contribution in [-0.2, 0) is 11.2 Å². The summed E-state index contributed by atoms with van der Waals surface area (Å²) in [6.07, 6.45) is 1.60. The second-order valence-electron chi connectivity index (χ2n) is 5.25. The van der Waals surface area contributed by atoms with Crippen LogP contribution in [0.5, 0.6) is 0 Å². The first-order valence-corrected chi connectivity index (χ1v) is 6.12. The third kappa shape index (κ3) is 6.45. The van der Waals surface area contributed by atoms with Crippen molar-refractivity contribution in [1.82, 2.24) is 5.32 Å². The predicted molar refractivity (Wildman–Crippen MR) is 73.8 cm³/mol. The third-order valence-corrected chi connectivity index (χ3v) is 2.29. The number of carbonyl (C=O) groups excluding carboxylic acids is 1. The number of alkyl carbamates (subject to hydrolysis) is 1. The van der Waals surface area contributed by atoms with Gasteiger partial charge in [-0.1, -0.05) is 29.4 Å². The quantitative estimate of drug-likeness (QED) is 0.499. The van der Waals surface area contributed by atoms with Crippen LogP contribution in [0.15, 0.2) is 29.4 Å². The first kappa shape index (κ1) is 15.0. The Labute approximate surface area is 113 Å². The Balaban J connectivity index is 2.35. The van der Waals surface area contributed by atoms with E-state index in [0.29, 0.717) is 13.0 Å². The van der Waals surface area contributed by atoms with Crippen molar-refractivity contribution >= 4 is 12.3 Å². The molecule has 1 rings (SSSR count). The number of hydrogen-bond donors (Lipinski definition) is 2. The molecule has 0 unspecified atom stereocenters. The molecule has 0 aliphatic carbocycles. The van der Waals surface area contributed by atoms with Crippen molar-refractivity contribution in [2.24, 2.45) is 5.16 Å². The third-order valence-electron chi connectivity index (χ3n) is 2.29. The molecule has 1 amide bonds. The zero-order valence-electron chi connectivity index (χ0n) is 11.5. The lowest BCUT2D eigenvalue weighted by atomic mass is 10.1. The maximum Gasteiger partial charge on any atom is 0.407 e. The van der Waals surface area contributed by atoms with Gasteiger partial charge in [0.05, 0.1) is 12.8 Å². The molecule has 0 bridgehead atoms. The number of nitrogens with one attached hydrogen (secondary N) is 1. The normalized spacial score (nSPS) is 11.5. The summed E-state index contributed by atoms with van der Waals surface area (Å²) in [4.78, 5) is 11.4. The lowest BCUT2D eigenvalue weighted by molar-refractivity contribution is 0.139. The highest BCUT2D eigenvalue weighted by Gasteiger charge is 2.14. The standard InChI is InChI=1S/C14H20N2O3/c1-14(2,3)16-13(17)19-9-8-11-4-6-12(7-5-11)10-15-18/h4-7,10,18H,8-9H2,1-3H3,(H,16,17)/b15-10+. The summed E-state index contributed by atoms with van der Waals surface area (Å²) in [5.74, 6) is 0. The molecule has 0 radical (unpaired) electrons. The molecule has 0 spiro atoms. The fourth-order valence-electron chi connectivity index (χ4n) is 1.44. The Morgan fingerprint density at radius 2 is 2.00 bits per heavy atom. The molecule has 5 nitrogen and oxygen atoms in total. The van der Waals surface area contributed by atoms with E-state index < -0.39 is 6.09 Å². The smallest absolute Gasteiger partial charge is 0.407 e. The van der Waals surface area contributed by atoms with E-state index in [1.807, 2.05) is 45.0 Å². The molecule has 0 fully saturated rings. The molecule has 0 heterocycles. The minimum atomic E-state index is -0.406. The SMILES string of the molecule is CC(C)(C)NC(=O)OCCc1ccc(/C=N/O)cc1. The zero-order chi connectivity index (χ0) is 14.3. The molecule has 0 saturated heterocycles. The largest absolute Gasteiger partial charge is 0.449 e. The van der Waals surface area contributed by atoms with E-state index in [2.05, 4.69) is 10.5 Å². The average Bonchev–Trinajstić information content (AvgIpc) is 2.29. The van der Waals surface area contributed by atoms with Gasteiger partial charge in [0.2, 0.25) is 0 Å². The van der Waals surface area contributed by atoms with E-state index in [0.717, 1.165) is 11.1 Å². The summed E-state index contributed by atoms with van der Waals surface area (Å²) in [5.41, 5.74) is 1.58. The number of benzene rings is 1. The summed E-state index contributed by atoms with van der Waals surface area (Å²) in [7, 11) is 0. The van der Waals surface area contributed by atoms with Gasteiger partial charge in [0, 0.05) is 12.0 Å². The number of hydrogen-bond acceptors (Lipinski definition) is 4. The summed E-state index contributed by atoms with van der Waals surface area (Å²) < 4.78 is 5.08. The summed E-state index contributed by atoms with van der Waals surface area (Å²) in [6.45, 7) is 6.02. The number of amides is 1. The number of carbonyl (C=O) groups is 1. The van der Waals surface area contributed by atoms with E-state index in [4.69, 9.17) is 9.94 Å². The van der Waals surface area contributed by atoms with E-state index in [9.17, 15) is 4.79 Å². The minimum absolute atomic E-state index is 0.289. The van der Waals surface area contributed by atoms with Gasteiger partial charge in [-0.15, -0.1) is 0 Å². The van der Waals surface area contributed by atoms with Gasteiger partial charge in [-0.3, -0.25) is 0 Å². The van der Waals surface area contributed by atoms with Crippen LogP contribution in [0.1, 0.15) is 31.9 Å². The molecule has 104 valence electrons. The maximum atomic E-state index is 11.4. The van der Waals surface area contributed by atoms with Gasteiger partial charge in [0.15, 0.2) is 0 Å². The Hall–Kier alpha value is -2.04. The lowest BCUT2D eigenvalue weighted by Crippen LogP contribution is -2.41. The van der Waals surface area contributed by atoms with E-state index in [1.165, 1.54) is 6.21 Å². The van der Waals surface area contributed by atoms with E-state index in [-0.39, 0.29) is 5.54 Å². The average molecular weight is 264 g/mol. The second-order valence-corrected chi connectivity index (χ2v) is 5.25. The van der Waals surface area contributed by atoms with Crippen LogP contribution in [0, 0.1) is 0 Å². The van der Waals surface area contributed by atoms with Crippen molar-refractivity contribution in [3.8, 4) is 0 Å². The predicted octanol–water partition coefficient (Wildman–Crippen LogP) is 2.56. The van der Waals surface area contributed by atoms with Crippen LogP contribution in [0.2, 0.25) is 0 Å². The van der Waals surface area contributed by atoms with Crippen molar-refractivity contribution in [2.45, 2.75) is 32.7 Å². The highest BCUT2D eigenvalue weighted by atomic mass is 16.5. The highest BCUT2D eigenvalue weighted by molar-refractivity contribution is 5.78. The van der Waals surface area contributed by atoms with Crippen molar-refractivity contribution in [2.75, 3.05) is 6.61 Å². The first-order valence-electron chi connectivity index (χ1n) is 6.12. The van der Waals surface area contributed by atoms with Crippen LogP contribution < -0.4 is 5.32 Å². The molecule has 0 atom stereocenters. The molecule has 0 saturated carbocycles. The molecule has 1 aromatic carbocycles. The molecule has 5 heteroatoms. The summed E-state index contributed by atoms with van der Waals surface area (Å²) in [5, 5.41) is 14.1. The van der Waals surface area contributed by atoms with Crippen molar-refractivity contribution in [1.29, 1.82) is 0 Å². The van der Waals surface area contributed by atoms with Gasteiger partial charge >= 0.3 is 6.09 Å². The fraction of sp³-hybridized carbons (Fsp3) is 0.429. The molecule has 0 aromatic heterocycles. The number of oxime groups is 1. The van der Waals surface area contributed by atoms with E-state index >= 15 is 0 Å². The second kappa shape index (κ2) is 6.78. The first-order chi connectivity index (χ1) is 8.90. The van der Waals surface area contributed by atoms with Crippen LogP contribution in [0.3, 0.4) is 0 Å². The van der Waals surface area contributed by atoms with Gasteiger partial charge < -0.3 is 15.3 Å². The Bertz CT molecular complexity index is 433. The number of rotatable bonds is 4. The molecular formula is C14H20N2O3. The van der Waals surface area contributed by atoms with Gasteiger partial charge in [-0.2, -0.15) is 0 Å². The minimum Gasteiger partial charge on any atom is -0.449 e. The Kier molecular flexibility index (Phi) is 5.36. The van der Waals surface area contributed by atoms with Gasteiger partial charge in [0.25, 0.3) is 0 Å². The number of nitrogens with zero attached hydrogens (tertiary/aromatic N) is 1. The van der Waals surface area contributed by atoms with Crippen molar-refractivity contribution < 1.29 is 14.7 Å². The zero-order valence-corrected chi connectivity index (χ0v) is 11.5. The van der Waals surface area contributed by atoms with Crippen molar-refractivity contribution in [3.63, 3.8) is 0 Å². The van der Waals surface area contributed by atoms with E-state index in [1.54, 1.807) is 0 Å². The number of ether oxygens (including phenoxy) is 1. The Morgan fingerprint density at radius 1 is 1.37 bits per heavy atom. The molecule has 2 N–H and O–H groups in total. The summed E-state index contributed by atoms with van der Waals surface area (Å²) >= 11 is 0. The highest BCUT2D eigenvalue weighted by Crippen LogP contribution is 2.04. The molecule has 19 heavy (non-hydrogen) atoms. The fourth-order valence-corrected chi connectivity index (χ4v) is 1.44. The van der Waals surface area contributed by atoms with Crippen LogP contribution >= 0.6 is 0 Å².